The zero-order chi connectivity index (χ0) is 17.6. The van der Waals surface area contributed by atoms with Crippen LogP contribution in [0, 0.1) is 0 Å². The van der Waals surface area contributed by atoms with Crippen LogP contribution in [0.1, 0.15) is 29.9 Å². The van der Waals surface area contributed by atoms with E-state index >= 15 is 0 Å². The molecule has 1 N–H and O–H groups in total. The maximum atomic E-state index is 11.7. The SMILES string of the molecule is C=C/C=C(\C=C)[C@]1(COCC=C)CC[C@H](C(=O)O)c2ccccc21. The van der Waals surface area contributed by atoms with Gasteiger partial charge in [-0.05, 0) is 29.5 Å². The molecule has 3 heteroatoms. The summed E-state index contributed by atoms with van der Waals surface area (Å²) in [5, 5.41) is 9.57. The van der Waals surface area contributed by atoms with Gasteiger partial charge in [-0.25, -0.2) is 0 Å². The highest BCUT2D eigenvalue weighted by Crippen LogP contribution is 2.47. The van der Waals surface area contributed by atoms with E-state index in [2.05, 4.69) is 19.7 Å². The maximum absolute atomic E-state index is 11.7. The van der Waals surface area contributed by atoms with Gasteiger partial charge in [0.25, 0.3) is 0 Å². The van der Waals surface area contributed by atoms with Gasteiger partial charge in [-0.15, -0.1) is 6.58 Å². The average Bonchev–Trinajstić information content (AvgIpc) is 2.59. The minimum absolute atomic E-state index is 0.415. The minimum Gasteiger partial charge on any atom is -0.481 e. The number of rotatable bonds is 8. The van der Waals surface area contributed by atoms with Crippen molar-refractivity contribution in [1.29, 1.82) is 0 Å². The number of benzene rings is 1. The summed E-state index contributed by atoms with van der Waals surface area (Å²) in [6.45, 7) is 12.3. The number of aliphatic carboxylic acids is 1. The smallest absolute Gasteiger partial charge is 0.310 e. The first-order chi connectivity index (χ1) is 11.6. The minimum atomic E-state index is -0.782. The second-order valence-electron chi connectivity index (χ2n) is 5.96. The van der Waals surface area contributed by atoms with Gasteiger partial charge in [0, 0.05) is 5.41 Å². The zero-order valence-electron chi connectivity index (χ0n) is 13.9. The first kappa shape index (κ1) is 18.0. The van der Waals surface area contributed by atoms with Crippen LogP contribution in [0.15, 0.2) is 73.9 Å². The molecule has 1 aliphatic rings. The molecule has 2 rings (SSSR count). The summed E-state index contributed by atoms with van der Waals surface area (Å²) in [6, 6.07) is 7.74. The third kappa shape index (κ3) is 3.26. The molecule has 0 aliphatic heterocycles. The monoisotopic (exact) mass is 324 g/mol. The van der Waals surface area contributed by atoms with E-state index in [1.807, 2.05) is 36.4 Å². The lowest BCUT2D eigenvalue weighted by atomic mass is 9.63. The number of hydrogen-bond donors (Lipinski definition) is 1. The molecule has 0 radical (unpaired) electrons. The number of carbonyl (C=O) groups is 1. The van der Waals surface area contributed by atoms with Crippen LogP contribution in [0.25, 0.3) is 0 Å². The zero-order valence-corrected chi connectivity index (χ0v) is 13.9. The number of fused-ring (bicyclic) bond motifs is 1. The molecule has 0 spiro atoms. The topological polar surface area (TPSA) is 46.5 Å². The van der Waals surface area contributed by atoms with Crippen LogP contribution >= 0.6 is 0 Å². The number of carboxylic acids is 1. The average molecular weight is 324 g/mol. The van der Waals surface area contributed by atoms with Crippen molar-refractivity contribution in [2.45, 2.75) is 24.2 Å². The van der Waals surface area contributed by atoms with E-state index in [0.717, 1.165) is 16.7 Å². The molecule has 1 aromatic rings. The normalized spacial score (nSPS) is 23.2. The molecule has 1 aromatic carbocycles. The summed E-state index contributed by atoms with van der Waals surface area (Å²) < 4.78 is 5.82. The molecule has 0 fully saturated rings. The van der Waals surface area contributed by atoms with E-state index < -0.39 is 17.3 Å². The number of hydrogen-bond acceptors (Lipinski definition) is 2. The molecule has 0 amide bonds. The highest BCUT2D eigenvalue weighted by molar-refractivity contribution is 5.78. The molecule has 1 aliphatic carbocycles. The molecule has 0 saturated heterocycles. The van der Waals surface area contributed by atoms with E-state index in [4.69, 9.17) is 4.74 Å². The predicted molar refractivity (Wildman–Crippen MR) is 97.2 cm³/mol. The Hall–Kier alpha value is -2.39. The van der Waals surface area contributed by atoms with Crippen LogP contribution in [-0.4, -0.2) is 24.3 Å². The number of allylic oxidation sites excluding steroid dienone is 3. The van der Waals surface area contributed by atoms with Crippen LogP contribution < -0.4 is 0 Å². The molecular formula is C21H24O3. The van der Waals surface area contributed by atoms with Crippen molar-refractivity contribution in [3.05, 3.63) is 85.0 Å². The van der Waals surface area contributed by atoms with Crippen molar-refractivity contribution in [3.63, 3.8) is 0 Å². The van der Waals surface area contributed by atoms with Crippen molar-refractivity contribution >= 4 is 5.97 Å². The van der Waals surface area contributed by atoms with E-state index in [1.165, 1.54) is 0 Å². The fraction of sp³-hybridized carbons (Fsp3) is 0.286. The van der Waals surface area contributed by atoms with Gasteiger partial charge in [-0.1, -0.05) is 61.7 Å². The Morgan fingerprint density at radius 2 is 2.08 bits per heavy atom. The standard InChI is InChI=1S/C21H24O3/c1-4-9-16(6-3)21(15-24-14-5-2)13-12-18(20(22)23)17-10-7-8-11-19(17)21/h4-11,18H,1-3,12-15H2,(H,22,23)/b16-9+/t18-,21+/m0/s1. The molecule has 0 bridgehead atoms. The van der Waals surface area contributed by atoms with Gasteiger partial charge in [0.2, 0.25) is 0 Å². The maximum Gasteiger partial charge on any atom is 0.310 e. The Morgan fingerprint density at radius 3 is 2.71 bits per heavy atom. The summed E-state index contributed by atoms with van der Waals surface area (Å²) in [7, 11) is 0. The van der Waals surface area contributed by atoms with Crippen molar-refractivity contribution in [3.8, 4) is 0 Å². The van der Waals surface area contributed by atoms with E-state index in [9.17, 15) is 9.90 Å². The summed E-state index contributed by atoms with van der Waals surface area (Å²) in [4.78, 5) is 11.7. The largest absolute Gasteiger partial charge is 0.481 e. The third-order valence-electron chi connectivity index (χ3n) is 4.66. The van der Waals surface area contributed by atoms with Gasteiger partial charge in [0.15, 0.2) is 0 Å². The lowest BCUT2D eigenvalue weighted by Crippen LogP contribution is -2.39. The van der Waals surface area contributed by atoms with Crippen molar-refractivity contribution in [2.75, 3.05) is 13.2 Å². The van der Waals surface area contributed by atoms with Crippen molar-refractivity contribution in [1.82, 2.24) is 0 Å². The predicted octanol–water partition coefficient (Wildman–Crippen LogP) is 4.39. The van der Waals surface area contributed by atoms with E-state index in [-0.39, 0.29) is 0 Å². The lowest BCUT2D eigenvalue weighted by Gasteiger charge is -2.42. The first-order valence-electron chi connectivity index (χ1n) is 8.07. The third-order valence-corrected chi connectivity index (χ3v) is 4.66. The van der Waals surface area contributed by atoms with Gasteiger partial charge in [-0.2, -0.15) is 0 Å². The Balaban J connectivity index is 2.61. The highest BCUT2D eigenvalue weighted by atomic mass is 16.5. The van der Waals surface area contributed by atoms with Crippen LogP contribution in [0.4, 0.5) is 0 Å². The van der Waals surface area contributed by atoms with Gasteiger partial charge in [0.1, 0.15) is 0 Å². The van der Waals surface area contributed by atoms with Gasteiger partial charge < -0.3 is 9.84 Å². The molecule has 0 saturated carbocycles. The fourth-order valence-corrected chi connectivity index (χ4v) is 3.57. The molecule has 24 heavy (non-hydrogen) atoms. The fourth-order valence-electron chi connectivity index (χ4n) is 3.57. The molecule has 126 valence electrons. The second kappa shape index (κ2) is 7.93. The van der Waals surface area contributed by atoms with E-state index in [1.54, 1.807) is 12.2 Å². The Kier molecular flexibility index (Phi) is 5.93. The van der Waals surface area contributed by atoms with Crippen molar-refractivity contribution in [2.24, 2.45) is 0 Å². The number of ether oxygens (including phenoxy) is 1. The van der Waals surface area contributed by atoms with Gasteiger partial charge in [-0.3, -0.25) is 4.79 Å². The molecule has 0 heterocycles. The molecule has 3 nitrogen and oxygen atoms in total. The van der Waals surface area contributed by atoms with Crippen LogP contribution in [-0.2, 0) is 14.9 Å². The number of carboxylic acid groups (broad SMARTS) is 1. The van der Waals surface area contributed by atoms with E-state index in [0.29, 0.717) is 26.1 Å². The molecular weight excluding hydrogens is 300 g/mol. The molecule has 0 unspecified atom stereocenters. The Bertz CT molecular complexity index is 671. The Morgan fingerprint density at radius 1 is 1.33 bits per heavy atom. The quantitative estimate of drug-likeness (QED) is 0.438. The van der Waals surface area contributed by atoms with Crippen LogP contribution in [0.2, 0.25) is 0 Å². The van der Waals surface area contributed by atoms with Gasteiger partial charge >= 0.3 is 5.97 Å². The summed E-state index contributed by atoms with van der Waals surface area (Å²) in [6.07, 6.45) is 8.44. The highest BCUT2D eigenvalue weighted by Gasteiger charge is 2.43. The first-order valence-corrected chi connectivity index (χ1v) is 8.07. The lowest BCUT2D eigenvalue weighted by molar-refractivity contribution is -0.139. The summed E-state index contributed by atoms with van der Waals surface area (Å²) in [5.74, 6) is -1.26. The summed E-state index contributed by atoms with van der Waals surface area (Å²) >= 11 is 0. The molecule has 0 aromatic heterocycles. The molecule has 2 atom stereocenters. The van der Waals surface area contributed by atoms with Crippen molar-refractivity contribution < 1.29 is 14.6 Å². The summed E-state index contributed by atoms with van der Waals surface area (Å²) in [5.41, 5.74) is 2.44. The van der Waals surface area contributed by atoms with Crippen LogP contribution in [0.3, 0.4) is 0 Å². The Labute approximate surface area is 143 Å². The van der Waals surface area contributed by atoms with Crippen LogP contribution in [0.5, 0.6) is 0 Å². The second-order valence-corrected chi connectivity index (χ2v) is 5.96. The van der Waals surface area contributed by atoms with Gasteiger partial charge in [0.05, 0.1) is 19.1 Å².